The Kier molecular flexibility index (Phi) is 4.99. The number of hydrogen-bond acceptors (Lipinski definition) is 3. The topological polar surface area (TPSA) is 34.2 Å². The molecule has 0 aliphatic heterocycles. The van der Waals surface area contributed by atoms with Gasteiger partial charge in [0, 0.05) is 28.9 Å². The first-order valence-corrected chi connectivity index (χ1v) is 7.03. The SMILES string of the molecule is CNCc1ccc(-c2cncc(OC(C)C)c2)c(Cl)c1. The summed E-state index contributed by atoms with van der Waals surface area (Å²) in [6, 6.07) is 8.02. The van der Waals surface area contributed by atoms with E-state index < -0.39 is 0 Å². The van der Waals surface area contributed by atoms with Gasteiger partial charge < -0.3 is 10.1 Å². The number of hydrogen-bond donors (Lipinski definition) is 1. The fourth-order valence-corrected chi connectivity index (χ4v) is 2.32. The molecule has 0 aliphatic rings. The lowest BCUT2D eigenvalue weighted by molar-refractivity contribution is 0.241. The van der Waals surface area contributed by atoms with Crippen molar-refractivity contribution >= 4 is 11.6 Å². The molecule has 0 fully saturated rings. The van der Waals surface area contributed by atoms with Crippen LogP contribution in [0.5, 0.6) is 5.75 Å². The van der Waals surface area contributed by atoms with Crippen molar-refractivity contribution in [3.05, 3.63) is 47.2 Å². The van der Waals surface area contributed by atoms with Crippen LogP contribution in [0.1, 0.15) is 19.4 Å². The van der Waals surface area contributed by atoms with E-state index in [9.17, 15) is 0 Å². The molecule has 0 atom stereocenters. The molecule has 0 saturated heterocycles. The summed E-state index contributed by atoms with van der Waals surface area (Å²) < 4.78 is 5.66. The van der Waals surface area contributed by atoms with Crippen LogP contribution >= 0.6 is 11.6 Å². The highest BCUT2D eigenvalue weighted by Crippen LogP contribution is 2.30. The van der Waals surface area contributed by atoms with Gasteiger partial charge in [0.05, 0.1) is 12.3 Å². The molecule has 20 heavy (non-hydrogen) atoms. The fourth-order valence-electron chi connectivity index (χ4n) is 2.01. The van der Waals surface area contributed by atoms with Crippen LogP contribution in [0.15, 0.2) is 36.7 Å². The maximum Gasteiger partial charge on any atom is 0.138 e. The van der Waals surface area contributed by atoms with Crippen LogP contribution in [-0.2, 0) is 6.54 Å². The van der Waals surface area contributed by atoms with Crippen LogP contribution in [0.3, 0.4) is 0 Å². The minimum Gasteiger partial charge on any atom is -0.489 e. The van der Waals surface area contributed by atoms with Crippen molar-refractivity contribution in [2.75, 3.05) is 7.05 Å². The van der Waals surface area contributed by atoms with Crippen molar-refractivity contribution in [1.29, 1.82) is 0 Å². The zero-order valence-corrected chi connectivity index (χ0v) is 12.7. The van der Waals surface area contributed by atoms with E-state index in [0.717, 1.165) is 34.0 Å². The summed E-state index contributed by atoms with van der Waals surface area (Å²) in [6.45, 7) is 4.78. The Hall–Kier alpha value is -1.58. The van der Waals surface area contributed by atoms with Crippen LogP contribution in [0.25, 0.3) is 11.1 Å². The molecule has 1 heterocycles. The Morgan fingerprint density at radius 2 is 2.05 bits per heavy atom. The van der Waals surface area contributed by atoms with Gasteiger partial charge in [-0.2, -0.15) is 0 Å². The molecule has 1 aromatic carbocycles. The van der Waals surface area contributed by atoms with Crippen molar-refractivity contribution in [3.63, 3.8) is 0 Å². The van der Waals surface area contributed by atoms with E-state index >= 15 is 0 Å². The van der Waals surface area contributed by atoms with E-state index in [1.54, 1.807) is 12.4 Å². The van der Waals surface area contributed by atoms with Gasteiger partial charge in [0.15, 0.2) is 0 Å². The van der Waals surface area contributed by atoms with Gasteiger partial charge in [0.1, 0.15) is 5.75 Å². The summed E-state index contributed by atoms with van der Waals surface area (Å²) in [5.74, 6) is 0.757. The standard InChI is InChI=1S/C16H19ClN2O/c1-11(2)20-14-7-13(9-19-10-14)15-5-4-12(8-18-3)6-16(15)17/h4-7,9-11,18H,8H2,1-3H3. The molecule has 2 rings (SSSR count). The number of nitrogens with zero attached hydrogens (tertiary/aromatic N) is 1. The van der Waals surface area contributed by atoms with E-state index in [2.05, 4.69) is 16.4 Å². The molecule has 1 aromatic heterocycles. The second-order valence-electron chi connectivity index (χ2n) is 4.92. The molecule has 0 amide bonds. The molecule has 0 unspecified atom stereocenters. The summed E-state index contributed by atoms with van der Waals surface area (Å²) in [4.78, 5) is 4.22. The number of pyridine rings is 1. The Morgan fingerprint density at radius 1 is 1.25 bits per heavy atom. The third-order valence-electron chi connectivity index (χ3n) is 2.81. The first kappa shape index (κ1) is 14.8. The third kappa shape index (κ3) is 3.71. The molecule has 0 bridgehead atoms. The molecule has 0 spiro atoms. The number of benzene rings is 1. The molecule has 0 radical (unpaired) electrons. The predicted molar refractivity (Wildman–Crippen MR) is 83.2 cm³/mol. The van der Waals surface area contributed by atoms with E-state index in [1.165, 1.54) is 0 Å². The van der Waals surface area contributed by atoms with Crippen molar-refractivity contribution in [3.8, 4) is 16.9 Å². The number of rotatable bonds is 5. The Balaban J connectivity index is 2.31. The summed E-state index contributed by atoms with van der Waals surface area (Å²) in [7, 11) is 1.92. The maximum absolute atomic E-state index is 6.36. The van der Waals surface area contributed by atoms with Crippen LogP contribution in [0, 0.1) is 0 Å². The number of nitrogens with one attached hydrogen (secondary N) is 1. The van der Waals surface area contributed by atoms with Crippen LogP contribution in [0.2, 0.25) is 5.02 Å². The Morgan fingerprint density at radius 3 is 2.70 bits per heavy atom. The zero-order chi connectivity index (χ0) is 14.5. The molecule has 2 aromatic rings. The van der Waals surface area contributed by atoms with Crippen LogP contribution in [0.4, 0.5) is 0 Å². The van der Waals surface area contributed by atoms with E-state index in [4.69, 9.17) is 16.3 Å². The highest BCUT2D eigenvalue weighted by molar-refractivity contribution is 6.33. The lowest BCUT2D eigenvalue weighted by Gasteiger charge is -2.11. The van der Waals surface area contributed by atoms with E-state index in [-0.39, 0.29) is 6.10 Å². The van der Waals surface area contributed by atoms with Gasteiger partial charge in [0.2, 0.25) is 0 Å². The first-order chi connectivity index (χ1) is 9.60. The second kappa shape index (κ2) is 6.73. The van der Waals surface area contributed by atoms with Crippen molar-refractivity contribution in [2.45, 2.75) is 26.5 Å². The molecule has 3 nitrogen and oxygen atoms in total. The quantitative estimate of drug-likeness (QED) is 0.906. The molecular weight excluding hydrogens is 272 g/mol. The summed E-state index contributed by atoms with van der Waals surface area (Å²) in [5, 5.41) is 3.83. The Labute approximate surface area is 124 Å². The van der Waals surface area contributed by atoms with Crippen molar-refractivity contribution in [1.82, 2.24) is 10.3 Å². The molecule has 1 N–H and O–H groups in total. The number of ether oxygens (including phenoxy) is 1. The Bertz CT molecular complexity index is 584. The molecule has 106 valence electrons. The highest BCUT2D eigenvalue weighted by atomic mass is 35.5. The lowest BCUT2D eigenvalue weighted by Crippen LogP contribution is -2.06. The van der Waals surface area contributed by atoms with Gasteiger partial charge in [-0.25, -0.2) is 0 Å². The first-order valence-electron chi connectivity index (χ1n) is 6.65. The van der Waals surface area contributed by atoms with Gasteiger partial charge in [-0.1, -0.05) is 23.7 Å². The second-order valence-corrected chi connectivity index (χ2v) is 5.33. The van der Waals surface area contributed by atoms with Gasteiger partial charge in [-0.05, 0) is 38.6 Å². The summed E-state index contributed by atoms with van der Waals surface area (Å²) in [5.41, 5.74) is 3.08. The fraction of sp³-hybridized carbons (Fsp3) is 0.312. The normalized spacial score (nSPS) is 10.8. The van der Waals surface area contributed by atoms with Crippen molar-refractivity contribution < 1.29 is 4.74 Å². The van der Waals surface area contributed by atoms with Gasteiger partial charge in [0.25, 0.3) is 0 Å². The predicted octanol–water partition coefficient (Wildman–Crippen LogP) is 3.91. The minimum atomic E-state index is 0.125. The number of aromatic nitrogens is 1. The molecule has 0 aliphatic carbocycles. The lowest BCUT2D eigenvalue weighted by atomic mass is 10.1. The van der Waals surface area contributed by atoms with Gasteiger partial charge in [-0.3, -0.25) is 4.98 Å². The average molecular weight is 291 g/mol. The van der Waals surface area contributed by atoms with Crippen LogP contribution in [-0.4, -0.2) is 18.1 Å². The largest absolute Gasteiger partial charge is 0.489 e. The smallest absolute Gasteiger partial charge is 0.138 e. The molecule has 0 saturated carbocycles. The average Bonchev–Trinajstić information content (AvgIpc) is 2.38. The monoisotopic (exact) mass is 290 g/mol. The van der Waals surface area contributed by atoms with Gasteiger partial charge >= 0.3 is 0 Å². The highest BCUT2D eigenvalue weighted by Gasteiger charge is 2.07. The maximum atomic E-state index is 6.36. The molecule has 4 heteroatoms. The minimum absolute atomic E-state index is 0.125. The summed E-state index contributed by atoms with van der Waals surface area (Å²) in [6.07, 6.45) is 3.64. The van der Waals surface area contributed by atoms with Crippen LogP contribution < -0.4 is 10.1 Å². The molecular formula is C16H19ClN2O. The third-order valence-corrected chi connectivity index (χ3v) is 3.12. The number of halogens is 1. The van der Waals surface area contributed by atoms with Crippen molar-refractivity contribution in [2.24, 2.45) is 0 Å². The summed E-state index contributed by atoms with van der Waals surface area (Å²) >= 11 is 6.36. The van der Waals surface area contributed by atoms with E-state index in [0.29, 0.717) is 0 Å². The van der Waals surface area contributed by atoms with Gasteiger partial charge in [-0.15, -0.1) is 0 Å². The van der Waals surface area contributed by atoms with E-state index in [1.807, 2.05) is 39.1 Å². The zero-order valence-electron chi connectivity index (χ0n) is 12.0.